The van der Waals surface area contributed by atoms with Gasteiger partial charge in [-0.25, -0.2) is 23.4 Å². The highest BCUT2D eigenvalue weighted by Crippen LogP contribution is 2.33. The molecule has 0 saturated heterocycles. The fraction of sp³-hybridized carbons (Fsp3) is 0.375. The summed E-state index contributed by atoms with van der Waals surface area (Å²) in [6, 6.07) is 0.773. The maximum atomic E-state index is 13.0. The molecule has 1 amide bonds. The predicted molar refractivity (Wildman–Crippen MR) is 96.8 cm³/mol. The Morgan fingerprint density at radius 1 is 1.21 bits per heavy atom. The number of hydrogen-bond donors (Lipinski definition) is 1. The van der Waals surface area contributed by atoms with E-state index < -0.39 is 27.6 Å². The van der Waals surface area contributed by atoms with Crippen LogP contribution in [0.15, 0.2) is 17.3 Å². The van der Waals surface area contributed by atoms with Gasteiger partial charge < -0.3 is 14.5 Å². The molecule has 0 atom stereocenters. The van der Waals surface area contributed by atoms with Crippen molar-refractivity contribution >= 4 is 26.8 Å². The number of carbonyl (C=O) groups is 1. The molecule has 0 unspecified atom stereocenters. The van der Waals surface area contributed by atoms with Gasteiger partial charge in [0.25, 0.3) is 5.91 Å². The number of aryl methyl sites for hydroxylation is 1. The quantitative estimate of drug-likeness (QED) is 0.672. The van der Waals surface area contributed by atoms with Crippen molar-refractivity contribution in [2.45, 2.75) is 18.1 Å². The van der Waals surface area contributed by atoms with Gasteiger partial charge in [-0.05, 0) is 6.07 Å². The molecule has 156 valence electrons. The zero-order valence-electron chi connectivity index (χ0n) is 15.9. The average molecular weight is 430 g/mol. The third-order valence-electron chi connectivity index (χ3n) is 4.42. The molecule has 3 rings (SSSR count). The van der Waals surface area contributed by atoms with Gasteiger partial charge >= 0.3 is 6.18 Å². The van der Waals surface area contributed by atoms with Crippen molar-refractivity contribution < 1.29 is 26.4 Å². The number of nitrogens with zero attached hydrogens (tertiary/aromatic N) is 5. The number of aromatic nitrogens is 5. The molecule has 0 radical (unpaired) electrons. The van der Waals surface area contributed by atoms with Gasteiger partial charge in [-0.2, -0.15) is 13.2 Å². The average Bonchev–Trinajstić information content (AvgIpc) is 3.17. The summed E-state index contributed by atoms with van der Waals surface area (Å²) < 4.78 is 66.7. The van der Waals surface area contributed by atoms with Crippen molar-refractivity contribution in [2.24, 2.45) is 14.1 Å². The molecule has 1 N–H and O–H groups in total. The Morgan fingerprint density at radius 2 is 1.86 bits per heavy atom. The zero-order chi connectivity index (χ0) is 21.7. The Hall–Kier alpha value is -2.96. The number of alkyl halides is 3. The third kappa shape index (κ3) is 3.34. The molecule has 3 aromatic heterocycles. The van der Waals surface area contributed by atoms with E-state index in [4.69, 9.17) is 0 Å². The molecule has 0 fully saturated rings. The van der Waals surface area contributed by atoms with E-state index in [-0.39, 0.29) is 39.2 Å². The minimum Gasteiger partial charge on any atom is -0.352 e. The molecule has 3 heterocycles. The fourth-order valence-electron chi connectivity index (χ4n) is 2.89. The van der Waals surface area contributed by atoms with Crippen LogP contribution in [0.25, 0.3) is 22.6 Å². The maximum Gasteiger partial charge on any atom is 0.433 e. The van der Waals surface area contributed by atoms with E-state index in [9.17, 15) is 26.4 Å². The van der Waals surface area contributed by atoms with Gasteiger partial charge in [-0.3, -0.25) is 4.79 Å². The maximum absolute atomic E-state index is 13.0. The van der Waals surface area contributed by atoms with Gasteiger partial charge in [0.05, 0.1) is 23.0 Å². The van der Waals surface area contributed by atoms with Gasteiger partial charge in [0.1, 0.15) is 11.4 Å². The number of hydrogen-bond acceptors (Lipinski definition) is 6. The first-order valence-corrected chi connectivity index (χ1v) is 9.99. The molecule has 3 aromatic rings. The van der Waals surface area contributed by atoms with Crippen molar-refractivity contribution in [3.8, 4) is 11.5 Å². The van der Waals surface area contributed by atoms with E-state index in [0.29, 0.717) is 0 Å². The van der Waals surface area contributed by atoms with Crippen LogP contribution in [0.4, 0.5) is 13.2 Å². The van der Waals surface area contributed by atoms with E-state index in [0.717, 1.165) is 16.8 Å². The molecule has 0 aliphatic heterocycles. The number of fused-ring (bicyclic) bond motifs is 1. The SMILES string of the molecule is CCS(=O)(=O)c1c(-c2nc3cc(C(F)(F)F)ncc3n2C)nc(C(=O)NC)n1C. The van der Waals surface area contributed by atoms with Crippen molar-refractivity contribution in [3.63, 3.8) is 0 Å². The highest BCUT2D eigenvalue weighted by molar-refractivity contribution is 7.91. The van der Waals surface area contributed by atoms with E-state index in [1.54, 1.807) is 0 Å². The van der Waals surface area contributed by atoms with Crippen molar-refractivity contribution in [3.05, 3.63) is 23.8 Å². The lowest BCUT2D eigenvalue weighted by molar-refractivity contribution is -0.141. The van der Waals surface area contributed by atoms with Crippen LogP contribution in [0.3, 0.4) is 0 Å². The summed E-state index contributed by atoms with van der Waals surface area (Å²) in [5.41, 5.74) is -1.03. The standard InChI is InChI=1S/C16H17F3N6O3S/c1-5-29(27,28)15-11(23-13(25(15)4)14(26)20-2)12-22-8-6-10(16(17,18)19)21-7-9(8)24(12)3/h6-7H,5H2,1-4H3,(H,20,26). The molecule has 0 bridgehead atoms. The monoisotopic (exact) mass is 430 g/mol. The lowest BCUT2D eigenvalue weighted by Gasteiger charge is -2.07. The van der Waals surface area contributed by atoms with Gasteiger partial charge in [0.15, 0.2) is 26.5 Å². The number of sulfone groups is 1. The summed E-state index contributed by atoms with van der Waals surface area (Å²) in [5, 5.41) is 2.12. The summed E-state index contributed by atoms with van der Waals surface area (Å²) in [6.45, 7) is 1.43. The van der Waals surface area contributed by atoms with Crippen LogP contribution in [-0.2, 0) is 30.1 Å². The molecular formula is C16H17F3N6O3S. The first-order valence-electron chi connectivity index (χ1n) is 8.34. The summed E-state index contributed by atoms with van der Waals surface area (Å²) in [7, 11) is 0.389. The Labute approximate surface area is 163 Å². The molecule has 0 saturated carbocycles. The van der Waals surface area contributed by atoms with Crippen LogP contribution in [0.1, 0.15) is 23.2 Å². The first kappa shape index (κ1) is 20.8. The van der Waals surface area contributed by atoms with Crippen LogP contribution in [0.2, 0.25) is 0 Å². The van der Waals surface area contributed by atoms with Crippen molar-refractivity contribution in [1.82, 2.24) is 29.4 Å². The number of halogens is 3. The summed E-state index contributed by atoms with van der Waals surface area (Å²) in [6.07, 6.45) is -3.65. The molecule has 9 nitrogen and oxygen atoms in total. The Bertz CT molecular complexity index is 1230. The van der Waals surface area contributed by atoms with Crippen LogP contribution < -0.4 is 5.32 Å². The van der Waals surface area contributed by atoms with E-state index in [1.807, 2.05) is 0 Å². The second-order valence-electron chi connectivity index (χ2n) is 6.18. The molecular weight excluding hydrogens is 413 g/mol. The van der Waals surface area contributed by atoms with Crippen LogP contribution in [0.5, 0.6) is 0 Å². The number of amides is 1. The summed E-state index contributed by atoms with van der Waals surface area (Å²) >= 11 is 0. The van der Waals surface area contributed by atoms with Gasteiger partial charge in [-0.15, -0.1) is 0 Å². The van der Waals surface area contributed by atoms with Gasteiger partial charge in [0, 0.05) is 21.1 Å². The molecule has 13 heteroatoms. The largest absolute Gasteiger partial charge is 0.433 e. The van der Waals surface area contributed by atoms with E-state index in [2.05, 4.69) is 20.3 Å². The number of nitrogens with one attached hydrogen (secondary N) is 1. The Kier molecular flexibility index (Phi) is 4.89. The summed E-state index contributed by atoms with van der Waals surface area (Å²) in [5.74, 6) is -1.06. The van der Waals surface area contributed by atoms with Gasteiger partial charge in [-0.1, -0.05) is 6.92 Å². The highest BCUT2D eigenvalue weighted by atomic mass is 32.2. The number of pyridine rings is 1. The fourth-order valence-corrected chi connectivity index (χ4v) is 4.10. The lowest BCUT2D eigenvalue weighted by Crippen LogP contribution is -2.22. The second-order valence-corrected chi connectivity index (χ2v) is 8.37. The smallest absolute Gasteiger partial charge is 0.352 e. The minimum absolute atomic E-state index is 0.00102. The molecule has 0 spiro atoms. The van der Waals surface area contributed by atoms with Crippen molar-refractivity contribution in [2.75, 3.05) is 12.8 Å². The van der Waals surface area contributed by atoms with Crippen LogP contribution in [0, 0.1) is 0 Å². The topological polar surface area (TPSA) is 112 Å². The second kappa shape index (κ2) is 6.83. The number of carbonyl (C=O) groups excluding carboxylic acids is 1. The zero-order valence-corrected chi connectivity index (χ0v) is 16.7. The van der Waals surface area contributed by atoms with E-state index >= 15 is 0 Å². The van der Waals surface area contributed by atoms with Gasteiger partial charge in [0.2, 0.25) is 0 Å². The molecule has 0 aromatic carbocycles. The summed E-state index contributed by atoms with van der Waals surface area (Å²) in [4.78, 5) is 23.8. The molecule has 0 aliphatic rings. The Morgan fingerprint density at radius 3 is 2.41 bits per heavy atom. The third-order valence-corrected chi connectivity index (χ3v) is 6.23. The van der Waals surface area contributed by atoms with Crippen LogP contribution in [-0.4, -0.2) is 51.2 Å². The highest BCUT2D eigenvalue weighted by Gasteiger charge is 2.34. The van der Waals surface area contributed by atoms with Crippen LogP contribution >= 0.6 is 0 Å². The Balaban J connectivity index is 2.34. The normalized spacial score (nSPS) is 12.5. The first-order chi connectivity index (χ1) is 13.4. The molecule has 29 heavy (non-hydrogen) atoms. The van der Waals surface area contributed by atoms with Crippen molar-refractivity contribution in [1.29, 1.82) is 0 Å². The predicted octanol–water partition coefficient (Wildman–Crippen LogP) is 1.54. The minimum atomic E-state index is -4.65. The number of imidazole rings is 2. The van der Waals surface area contributed by atoms with E-state index in [1.165, 1.54) is 32.6 Å². The lowest BCUT2D eigenvalue weighted by atomic mass is 10.3. The molecule has 0 aliphatic carbocycles. The number of rotatable bonds is 4.